The van der Waals surface area contributed by atoms with Gasteiger partial charge in [0.1, 0.15) is 0 Å². The van der Waals surface area contributed by atoms with Gasteiger partial charge in [-0.3, -0.25) is 4.79 Å². The van der Waals surface area contributed by atoms with Gasteiger partial charge in [-0.1, -0.05) is 19.8 Å². The number of carbonyl (C=O) groups excluding carboxylic acids is 1. The van der Waals surface area contributed by atoms with Crippen LogP contribution in [-0.4, -0.2) is 12.6 Å². The fourth-order valence-corrected chi connectivity index (χ4v) is 0.679. The summed E-state index contributed by atoms with van der Waals surface area (Å²) in [6.45, 7) is 5.98. The summed E-state index contributed by atoms with van der Waals surface area (Å²) in [4.78, 5) is 10.7. The van der Waals surface area contributed by atoms with Gasteiger partial charge >= 0.3 is 46.4 Å². The van der Waals surface area contributed by atoms with Crippen LogP contribution in [0.15, 0.2) is 0 Å². The zero-order valence-electron chi connectivity index (χ0n) is 8.02. The molecule has 0 aromatic heterocycles. The van der Waals surface area contributed by atoms with Crippen molar-refractivity contribution in [1.29, 1.82) is 0 Å². The van der Waals surface area contributed by atoms with Gasteiger partial charge < -0.3 is 4.74 Å². The molecule has 0 atom stereocenters. The molecule has 1 radical (unpaired) electrons. The Bertz CT molecular complexity index is 112. The zero-order valence-corrected chi connectivity index (χ0v) is 14.2. The van der Waals surface area contributed by atoms with Gasteiger partial charge in [-0.25, -0.2) is 0 Å². The predicted octanol–water partition coefficient (Wildman–Crippen LogP) is 3.63. The minimum Gasteiger partial charge on any atom is -0.466 e. The first-order valence-electron chi connectivity index (χ1n) is 4.29. The van der Waals surface area contributed by atoms with E-state index in [1.807, 2.05) is 6.92 Å². The minimum absolute atomic E-state index is 0.0871. The van der Waals surface area contributed by atoms with Crippen molar-refractivity contribution in [3.05, 3.63) is 6.92 Å². The van der Waals surface area contributed by atoms with Crippen LogP contribution in [0.4, 0.5) is 0 Å². The Kier molecular flexibility index (Phi) is 19.7. The number of halogens is 2. The molecule has 0 heterocycles. The largest absolute Gasteiger partial charge is 0.466 e. The van der Waals surface area contributed by atoms with Crippen LogP contribution in [0.3, 0.4) is 0 Å². The fraction of sp³-hybridized carbons (Fsp3) is 0.750. The van der Waals surface area contributed by atoms with Gasteiger partial charge in [-0.15, -0.1) is 0 Å². The van der Waals surface area contributed by atoms with Crippen molar-refractivity contribution in [3.8, 4) is 0 Å². The zero-order chi connectivity index (χ0) is 10.5. The minimum atomic E-state index is -0.250. The first-order valence-corrected chi connectivity index (χ1v) is 18.2. The maximum Gasteiger partial charge on any atom is 0.305 e. The van der Waals surface area contributed by atoms with Gasteiger partial charge in [-0.05, 0) is 13.3 Å². The molecule has 0 saturated carbocycles. The van der Waals surface area contributed by atoms with Crippen LogP contribution in [0.2, 0.25) is 0 Å². The van der Waals surface area contributed by atoms with Crippen molar-refractivity contribution < 1.29 is 22.7 Å². The van der Waals surface area contributed by atoms with Crippen LogP contribution in [0.5, 0.6) is 0 Å². The number of carbonyl (C=O) groups is 1. The summed E-state index contributed by atoms with van der Waals surface area (Å²) in [6.07, 6.45) is 3.36. The Labute approximate surface area is 101 Å². The summed E-state index contributed by atoms with van der Waals surface area (Å²) in [7, 11) is 0. The van der Waals surface area contributed by atoms with Crippen molar-refractivity contribution in [2.45, 2.75) is 32.6 Å². The Morgan fingerprint density at radius 1 is 1.46 bits per heavy atom. The molecule has 0 N–H and O–H groups in total. The van der Waals surface area contributed by atoms with Crippen LogP contribution < -0.4 is 0 Å². The SMILES string of the molecule is [Br][Zn][Br].[CH2]CCCCC(=O)OCC. The van der Waals surface area contributed by atoms with Crippen molar-refractivity contribution in [2.75, 3.05) is 6.61 Å². The molecule has 0 rings (SSSR count). The van der Waals surface area contributed by atoms with E-state index in [4.69, 9.17) is 4.74 Å². The first-order chi connectivity index (χ1) is 6.22. The van der Waals surface area contributed by atoms with E-state index in [2.05, 4.69) is 34.2 Å². The Balaban J connectivity index is 0. The molecule has 0 amide bonds. The smallest absolute Gasteiger partial charge is 0.305 e. The van der Waals surface area contributed by atoms with E-state index in [0.29, 0.717) is 13.0 Å². The van der Waals surface area contributed by atoms with Gasteiger partial charge in [0.05, 0.1) is 6.61 Å². The average Bonchev–Trinajstić information content (AvgIpc) is 2.07. The third-order valence-electron chi connectivity index (χ3n) is 1.19. The molecule has 0 aliphatic rings. The van der Waals surface area contributed by atoms with Gasteiger partial charge in [0.25, 0.3) is 0 Å². The maximum absolute atomic E-state index is 10.7. The van der Waals surface area contributed by atoms with Gasteiger partial charge in [0, 0.05) is 6.42 Å². The van der Waals surface area contributed by atoms with E-state index >= 15 is 0 Å². The van der Waals surface area contributed by atoms with Crippen LogP contribution in [0.1, 0.15) is 32.6 Å². The van der Waals surface area contributed by atoms with Crippen molar-refractivity contribution in [3.63, 3.8) is 0 Å². The third kappa shape index (κ3) is 19.5. The van der Waals surface area contributed by atoms with E-state index in [1.165, 1.54) is 0 Å². The molecule has 0 fully saturated rings. The number of esters is 1. The van der Waals surface area contributed by atoms with Crippen LogP contribution in [0, 0.1) is 6.92 Å². The van der Waals surface area contributed by atoms with Gasteiger partial charge in [-0.2, -0.15) is 0 Å². The number of rotatable bonds is 5. The molecule has 0 spiro atoms. The monoisotopic (exact) mass is 365 g/mol. The normalized spacial score (nSPS) is 8.00. The second kappa shape index (κ2) is 15.5. The van der Waals surface area contributed by atoms with E-state index < -0.39 is 0 Å². The summed E-state index contributed by atoms with van der Waals surface area (Å²) < 4.78 is 4.73. The average molecular weight is 368 g/mol. The van der Waals surface area contributed by atoms with Crippen LogP contribution in [-0.2, 0) is 22.7 Å². The standard InChI is InChI=1S/C8H15O2.2BrH.Zn/c1-3-5-6-7-8(9)10-4-2;;;/h1,3-7H2,2H3;2*1H;/q;;;+2/p-2. The van der Waals surface area contributed by atoms with E-state index in [9.17, 15) is 4.79 Å². The molecule has 13 heavy (non-hydrogen) atoms. The second-order valence-corrected chi connectivity index (χ2v) is 16.3. The molecule has 0 aliphatic heterocycles. The molecule has 0 aromatic rings. The molecule has 5 heteroatoms. The van der Waals surface area contributed by atoms with Gasteiger partial charge in [0.15, 0.2) is 0 Å². The van der Waals surface area contributed by atoms with E-state index in [-0.39, 0.29) is 19.2 Å². The Morgan fingerprint density at radius 2 is 2.00 bits per heavy atom. The maximum atomic E-state index is 10.7. The predicted molar refractivity (Wildman–Crippen MR) is 58.3 cm³/mol. The van der Waals surface area contributed by atoms with Crippen LogP contribution in [0.25, 0.3) is 0 Å². The molecule has 0 aliphatic carbocycles. The molecular formula is C8H15Br2O2Zn. The van der Waals surface area contributed by atoms with Crippen molar-refractivity contribution >= 4 is 33.2 Å². The summed E-state index contributed by atoms with van der Waals surface area (Å²) >= 11 is 6.25. The molecule has 0 bridgehead atoms. The molecule has 2 nitrogen and oxygen atoms in total. The van der Waals surface area contributed by atoms with Crippen molar-refractivity contribution in [1.82, 2.24) is 0 Å². The second-order valence-electron chi connectivity index (χ2n) is 2.22. The quantitative estimate of drug-likeness (QED) is 0.421. The van der Waals surface area contributed by atoms with E-state index in [1.54, 1.807) is 0 Å². The summed E-state index contributed by atoms with van der Waals surface area (Å²) in [5, 5.41) is 0. The summed E-state index contributed by atoms with van der Waals surface area (Å²) in [6, 6.07) is 0. The number of unbranched alkanes of at least 4 members (excludes halogenated alkanes) is 2. The van der Waals surface area contributed by atoms with Crippen LogP contribution >= 0.6 is 27.2 Å². The molecule has 0 unspecified atom stereocenters. The Hall–Kier alpha value is 1.05. The third-order valence-corrected chi connectivity index (χ3v) is 1.19. The molecule has 0 aromatic carbocycles. The van der Waals surface area contributed by atoms with Gasteiger partial charge in [0.2, 0.25) is 0 Å². The molecule has 0 saturated heterocycles. The van der Waals surface area contributed by atoms with E-state index in [0.717, 1.165) is 19.3 Å². The first kappa shape index (κ1) is 16.5. The molecule has 75 valence electrons. The van der Waals surface area contributed by atoms with Crippen molar-refractivity contribution in [2.24, 2.45) is 0 Å². The number of ether oxygens (including phenoxy) is 1. The fourth-order valence-electron chi connectivity index (χ4n) is 0.679. The number of hydrogen-bond donors (Lipinski definition) is 0. The number of hydrogen-bond acceptors (Lipinski definition) is 2. The molecular weight excluding hydrogens is 353 g/mol. The topological polar surface area (TPSA) is 26.3 Å². The summed E-state index contributed by atoms with van der Waals surface area (Å²) in [5.74, 6) is -0.0871. The Morgan fingerprint density at radius 3 is 2.38 bits per heavy atom. The summed E-state index contributed by atoms with van der Waals surface area (Å²) in [5.41, 5.74) is 0.